The van der Waals surface area contributed by atoms with E-state index in [2.05, 4.69) is 31.9 Å². The fourth-order valence-electron chi connectivity index (χ4n) is 4.30. The Bertz CT molecular complexity index is 816. The number of nitrogens with zero attached hydrogens (tertiary/aromatic N) is 2. The maximum atomic E-state index is 12.0. The van der Waals surface area contributed by atoms with Gasteiger partial charge in [-0.2, -0.15) is 0 Å². The molecule has 1 fully saturated rings. The van der Waals surface area contributed by atoms with Crippen LogP contribution in [0.5, 0.6) is 0 Å². The maximum Gasteiger partial charge on any atom is 0.279 e. The first-order valence-corrected chi connectivity index (χ1v) is 10.3. The van der Waals surface area contributed by atoms with Crippen LogP contribution in [0.25, 0.3) is 0 Å². The summed E-state index contributed by atoms with van der Waals surface area (Å²) in [6.07, 6.45) is 0. The zero-order chi connectivity index (χ0) is 20.6. The van der Waals surface area contributed by atoms with Gasteiger partial charge in [0.2, 0.25) is 0 Å². The van der Waals surface area contributed by atoms with Gasteiger partial charge in [-0.25, -0.2) is 0 Å². The second-order valence-electron chi connectivity index (χ2n) is 7.63. The van der Waals surface area contributed by atoms with E-state index in [0.29, 0.717) is 0 Å². The van der Waals surface area contributed by atoms with Crippen molar-refractivity contribution in [2.45, 2.75) is 38.0 Å². The van der Waals surface area contributed by atoms with Crippen LogP contribution >= 0.6 is 31.9 Å². The third kappa shape index (κ3) is 3.83. The summed E-state index contributed by atoms with van der Waals surface area (Å²) in [5.41, 5.74) is 0.404. The van der Waals surface area contributed by atoms with E-state index in [1.165, 1.54) is 0 Å². The summed E-state index contributed by atoms with van der Waals surface area (Å²) < 4.78 is 1.74. The van der Waals surface area contributed by atoms with Crippen LogP contribution in [-0.2, 0) is 0 Å². The van der Waals surface area contributed by atoms with E-state index < -0.39 is 29.6 Å². The Morgan fingerprint density at radius 1 is 0.786 bits per heavy atom. The molecule has 0 spiro atoms. The second-order valence-corrected chi connectivity index (χ2v) is 9.46. The van der Waals surface area contributed by atoms with E-state index in [4.69, 9.17) is 0 Å². The lowest BCUT2D eigenvalue weighted by Gasteiger charge is -2.41. The molecule has 28 heavy (non-hydrogen) atoms. The van der Waals surface area contributed by atoms with Gasteiger partial charge in [0.1, 0.15) is 5.41 Å². The molecule has 148 valence electrons. The Morgan fingerprint density at radius 2 is 1.11 bits per heavy atom. The van der Waals surface area contributed by atoms with Crippen molar-refractivity contribution < 1.29 is 15.2 Å². The number of quaternary nitrogens is 1. The highest BCUT2D eigenvalue weighted by atomic mass is 79.9. The monoisotopic (exact) mass is 512 g/mol. The lowest BCUT2D eigenvalue weighted by molar-refractivity contribution is -0.818. The molecule has 9 heteroatoms. The van der Waals surface area contributed by atoms with Gasteiger partial charge in [-0.3, -0.25) is 20.2 Å². The number of piperidine rings is 1. The number of hydrogen-bond acceptors (Lipinski definition) is 4. The average molecular weight is 514 g/mol. The average Bonchev–Trinajstić information content (AvgIpc) is 2.60. The highest BCUT2D eigenvalue weighted by molar-refractivity contribution is 9.10. The van der Waals surface area contributed by atoms with Crippen LogP contribution in [0.15, 0.2) is 57.5 Å². The number of hydrogen-bond donors (Lipinski definition) is 1. The molecule has 1 aliphatic heterocycles. The third-order valence-electron chi connectivity index (χ3n) is 5.58. The zero-order valence-corrected chi connectivity index (χ0v) is 18.5. The quantitative estimate of drug-likeness (QED) is 0.494. The molecule has 0 amide bonds. The molecular weight excluding hydrogens is 494 g/mol. The van der Waals surface area contributed by atoms with E-state index >= 15 is 0 Å². The summed E-state index contributed by atoms with van der Waals surface area (Å²) in [6.45, 7) is 3.28. The second kappa shape index (κ2) is 7.88. The van der Waals surface area contributed by atoms with Crippen LogP contribution in [0.2, 0.25) is 0 Å². The highest BCUT2D eigenvalue weighted by Crippen LogP contribution is 2.43. The minimum Gasteiger partial charge on any atom is -0.322 e. The number of rotatable bonds is 4. The summed E-state index contributed by atoms with van der Waals surface area (Å²) in [4.78, 5) is 23.3. The lowest BCUT2D eigenvalue weighted by Crippen LogP contribution is -2.96. The predicted octanol–water partition coefficient (Wildman–Crippen LogP) is 3.89. The molecule has 2 aromatic rings. The Labute approximate surface area is 179 Å². The smallest absolute Gasteiger partial charge is 0.279 e. The molecule has 0 radical (unpaired) electrons. The van der Waals surface area contributed by atoms with Gasteiger partial charge in [0.25, 0.3) is 12.1 Å². The maximum absolute atomic E-state index is 12.0. The van der Waals surface area contributed by atoms with E-state index in [0.717, 1.165) is 20.1 Å². The molecule has 7 nitrogen and oxygen atoms in total. The molecule has 2 N–H and O–H groups in total. The van der Waals surface area contributed by atoms with Crippen molar-refractivity contribution in [3.8, 4) is 0 Å². The summed E-state index contributed by atoms with van der Waals surface area (Å²) >= 11 is 6.76. The Balaban J connectivity index is 2.14. The van der Waals surface area contributed by atoms with E-state index in [1.807, 2.05) is 48.5 Å². The van der Waals surface area contributed by atoms with Crippen LogP contribution in [-0.4, -0.2) is 21.9 Å². The van der Waals surface area contributed by atoms with Gasteiger partial charge in [0.05, 0.1) is 0 Å². The Morgan fingerprint density at radius 3 is 1.39 bits per heavy atom. The van der Waals surface area contributed by atoms with Crippen LogP contribution in [0.3, 0.4) is 0 Å². The van der Waals surface area contributed by atoms with Gasteiger partial charge in [0.15, 0.2) is 12.1 Å². The first-order chi connectivity index (χ1) is 13.1. The van der Waals surface area contributed by atoms with Crippen LogP contribution in [0.1, 0.15) is 37.1 Å². The molecule has 1 heterocycles. The summed E-state index contributed by atoms with van der Waals surface area (Å²) in [5.74, 6) is 0. The van der Waals surface area contributed by atoms with Gasteiger partial charge in [-0.05, 0) is 38.1 Å². The van der Waals surface area contributed by atoms with Crippen LogP contribution in [0.4, 0.5) is 0 Å². The van der Waals surface area contributed by atoms with Crippen molar-refractivity contribution in [3.05, 3.63) is 88.8 Å². The molecular formula is C19H20Br2N3O4+. The Hall–Kier alpha value is -1.84. The minimum absolute atomic E-state index is 0.364. The summed E-state index contributed by atoms with van der Waals surface area (Å²) in [7, 11) is 0. The van der Waals surface area contributed by atoms with Crippen LogP contribution < -0.4 is 5.32 Å². The molecule has 1 saturated heterocycles. The van der Waals surface area contributed by atoms with Crippen LogP contribution in [0, 0.1) is 25.6 Å². The summed E-state index contributed by atoms with van der Waals surface area (Å²) in [6, 6.07) is 11.4. The molecule has 3 rings (SSSR count). The number of halogens is 2. The van der Waals surface area contributed by atoms with E-state index in [-0.39, 0.29) is 9.85 Å². The highest BCUT2D eigenvalue weighted by Gasteiger charge is 2.65. The first-order valence-electron chi connectivity index (χ1n) is 8.76. The standard InChI is InChI=1S/C19H19Br2N3O4/c1-19(2)17(23(25)26)15(11-3-7-13(20)8-4-11)22-16(18(19)24(27)28)12-5-9-14(21)10-6-12/h3-10,15-18,22H,1-2H3/p+1/t15-,16+,17+,18-. The van der Waals surface area contributed by atoms with Gasteiger partial charge >= 0.3 is 0 Å². The van der Waals surface area contributed by atoms with Gasteiger partial charge in [0, 0.05) is 29.9 Å². The topological polar surface area (TPSA) is 103 Å². The molecule has 0 unspecified atom stereocenters. The fourth-order valence-corrected chi connectivity index (χ4v) is 4.83. The van der Waals surface area contributed by atoms with Gasteiger partial charge < -0.3 is 5.32 Å². The third-order valence-corrected chi connectivity index (χ3v) is 6.64. The molecule has 1 aliphatic rings. The van der Waals surface area contributed by atoms with Gasteiger partial charge in [-0.1, -0.05) is 56.1 Å². The number of benzene rings is 2. The Kier molecular flexibility index (Phi) is 5.88. The van der Waals surface area contributed by atoms with Gasteiger partial charge in [-0.15, -0.1) is 0 Å². The molecule has 0 bridgehead atoms. The SMILES string of the molecule is CC1(C)[C@@H]([N+](=O)[O-])[C@@H](c2ccc(Br)cc2)[NH2+][C@@H](c2ccc(Br)cc2)[C@H]1[N+](=O)[O-]. The van der Waals surface area contributed by atoms with Crippen molar-refractivity contribution in [2.24, 2.45) is 5.41 Å². The lowest BCUT2D eigenvalue weighted by atomic mass is 9.66. The first kappa shape index (κ1) is 20.9. The van der Waals surface area contributed by atoms with Crippen molar-refractivity contribution in [1.29, 1.82) is 0 Å². The molecule has 2 aromatic carbocycles. The predicted molar refractivity (Wildman–Crippen MR) is 111 cm³/mol. The molecule has 4 atom stereocenters. The van der Waals surface area contributed by atoms with Crippen molar-refractivity contribution in [1.82, 2.24) is 0 Å². The van der Waals surface area contributed by atoms with Crippen molar-refractivity contribution >= 4 is 31.9 Å². The molecule has 0 saturated carbocycles. The molecule has 0 aromatic heterocycles. The van der Waals surface area contributed by atoms with Crippen molar-refractivity contribution in [2.75, 3.05) is 0 Å². The largest absolute Gasteiger partial charge is 0.322 e. The zero-order valence-electron chi connectivity index (χ0n) is 15.3. The normalized spacial score (nSPS) is 26.6. The van der Waals surface area contributed by atoms with Crippen molar-refractivity contribution in [3.63, 3.8) is 0 Å². The summed E-state index contributed by atoms with van der Waals surface area (Å²) in [5, 5.41) is 25.8. The number of nitrogens with two attached hydrogens (primary N) is 1. The van der Waals surface area contributed by atoms with E-state index in [9.17, 15) is 20.2 Å². The molecule has 0 aliphatic carbocycles. The minimum atomic E-state index is -1.16. The van der Waals surface area contributed by atoms with E-state index in [1.54, 1.807) is 19.2 Å². The fraction of sp³-hybridized carbons (Fsp3) is 0.368. The number of nitro groups is 2.